The van der Waals surface area contributed by atoms with Crippen molar-refractivity contribution in [3.05, 3.63) is 0 Å². The van der Waals surface area contributed by atoms with E-state index < -0.39 is 32.4 Å². The zero-order valence-corrected chi connectivity index (χ0v) is 25.5. The van der Waals surface area contributed by atoms with E-state index in [4.69, 9.17) is 36.7 Å². The van der Waals surface area contributed by atoms with Crippen molar-refractivity contribution in [2.45, 2.75) is 40.0 Å². The van der Waals surface area contributed by atoms with E-state index in [-0.39, 0.29) is 154 Å². The predicted octanol–water partition coefficient (Wildman–Crippen LogP) is -8.49. The van der Waals surface area contributed by atoms with Crippen molar-refractivity contribution in [1.29, 1.82) is 0 Å². The largest absolute Gasteiger partial charge is 1.00 e. The first-order valence-electron chi connectivity index (χ1n) is 5.92. The van der Waals surface area contributed by atoms with Gasteiger partial charge in [0, 0.05) is 5.41 Å². The van der Waals surface area contributed by atoms with Crippen molar-refractivity contribution in [1.82, 2.24) is 0 Å². The van der Waals surface area contributed by atoms with Crippen molar-refractivity contribution >= 4 is 51.8 Å². The van der Waals surface area contributed by atoms with Gasteiger partial charge in [0.05, 0.1) is 0 Å². The van der Waals surface area contributed by atoms with E-state index in [9.17, 15) is 15.3 Å². The zero-order chi connectivity index (χ0) is 14.5. The summed E-state index contributed by atoms with van der Waals surface area (Å²) in [6.45, 7) is 5.27. The molecule has 2 atom stereocenters. The average Bonchev–Trinajstić information content (AvgIpc) is 2.27. The van der Waals surface area contributed by atoms with Crippen molar-refractivity contribution in [3.63, 3.8) is 0 Å². The van der Waals surface area contributed by atoms with E-state index >= 15 is 0 Å². The van der Waals surface area contributed by atoms with Crippen LogP contribution in [0.2, 0.25) is 0 Å². The second-order valence-electron chi connectivity index (χ2n) is 4.24. The van der Waals surface area contributed by atoms with Crippen molar-refractivity contribution in [2.75, 3.05) is 0 Å². The Labute approximate surface area is 271 Å². The molecule has 0 aliphatic rings. The molecule has 0 heterocycles. The van der Waals surface area contributed by atoms with Gasteiger partial charge in [0.1, 0.15) is 0 Å². The molecule has 0 amide bonds. The Bertz CT molecular complexity index is 332. The van der Waals surface area contributed by atoms with E-state index in [1.54, 1.807) is 20.8 Å². The molecule has 104 valence electrons. The standard InChI is InChI=1S/C12H20O3S3.3K/c1-4-7(9(13)16)12(6-3,11(15)18)8(5-2)10(14)17;;;/h7-8H,4-6H2,1-3H3,(H,13,16)(H,14,17)(H,15,18);;;/q;3*+1/p-3. The molecule has 0 N–H and O–H groups in total. The summed E-state index contributed by atoms with van der Waals surface area (Å²) in [5.41, 5.74) is -1.21. The van der Waals surface area contributed by atoms with Gasteiger partial charge in [0.25, 0.3) is 0 Å². The molecule has 0 aromatic heterocycles. The minimum absolute atomic E-state index is 0. The van der Waals surface area contributed by atoms with E-state index in [2.05, 4.69) is 0 Å². The number of hydrogen-bond acceptors (Lipinski definition) is 6. The first-order valence-corrected chi connectivity index (χ1v) is 7.15. The number of thiocarbonyl (C=S) groups is 3. The van der Waals surface area contributed by atoms with E-state index in [0.717, 1.165) is 0 Å². The summed E-state index contributed by atoms with van der Waals surface area (Å²) in [7, 11) is 0. The van der Waals surface area contributed by atoms with Crippen LogP contribution < -0.4 is 169 Å². The zero-order valence-electron chi connectivity index (χ0n) is 13.7. The second kappa shape index (κ2) is 16.7. The molecule has 2 unspecified atom stereocenters. The van der Waals surface area contributed by atoms with Crippen LogP contribution in [0.15, 0.2) is 0 Å². The van der Waals surface area contributed by atoms with Crippen molar-refractivity contribution in [2.24, 2.45) is 17.3 Å². The molecule has 0 bridgehead atoms. The molecule has 0 rings (SSSR count). The Morgan fingerprint density at radius 1 is 0.810 bits per heavy atom. The summed E-state index contributed by atoms with van der Waals surface area (Å²) in [5.74, 6) is -1.42. The van der Waals surface area contributed by atoms with Crippen LogP contribution in [-0.4, -0.2) is 15.2 Å². The Hall–Kier alpha value is 4.58. The van der Waals surface area contributed by atoms with E-state index in [1.807, 2.05) is 0 Å². The minimum Gasteiger partial charge on any atom is -0.867 e. The van der Waals surface area contributed by atoms with Crippen LogP contribution >= 0.6 is 36.7 Å². The molecule has 0 saturated carbocycles. The topological polar surface area (TPSA) is 69.2 Å². The molecule has 21 heavy (non-hydrogen) atoms. The molecule has 0 saturated heterocycles. The molecule has 0 aliphatic heterocycles. The third kappa shape index (κ3) is 8.87. The van der Waals surface area contributed by atoms with Gasteiger partial charge in [0.15, 0.2) is 0 Å². The smallest absolute Gasteiger partial charge is 0.867 e. The van der Waals surface area contributed by atoms with Crippen molar-refractivity contribution in [3.8, 4) is 0 Å². The predicted molar refractivity (Wildman–Crippen MR) is 78.1 cm³/mol. The molecule has 0 fully saturated rings. The van der Waals surface area contributed by atoms with Gasteiger partial charge in [0.2, 0.25) is 0 Å². The van der Waals surface area contributed by atoms with Crippen LogP contribution in [0.1, 0.15) is 40.0 Å². The molecule has 3 nitrogen and oxygen atoms in total. The molecular weight excluding hydrogens is 406 g/mol. The van der Waals surface area contributed by atoms with Crippen LogP contribution in [0.3, 0.4) is 0 Å². The van der Waals surface area contributed by atoms with Crippen LogP contribution in [-0.2, 0) is 0 Å². The summed E-state index contributed by atoms with van der Waals surface area (Å²) < 4.78 is 0. The van der Waals surface area contributed by atoms with Gasteiger partial charge >= 0.3 is 154 Å². The fourth-order valence-electron chi connectivity index (χ4n) is 2.65. The van der Waals surface area contributed by atoms with Crippen LogP contribution in [0.5, 0.6) is 0 Å². The Kier molecular flexibility index (Phi) is 26.4. The summed E-state index contributed by atoms with van der Waals surface area (Å²) in [6, 6.07) is 0. The maximum atomic E-state index is 11.9. The average molecular weight is 423 g/mol. The van der Waals surface area contributed by atoms with Gasteiger partial charge in [-0.3, -0.25) is 0 Å². The second-order valence-corrected chi connectivity index (χ2v) is 5.42. The van der Waals surface area contributed by atoms with Gasteiger partial charge in [-0.1, -0.05) is 35.9 Å². The molecular formula is C12H17K3O3S3. The van der Waals surface area contributed by atoms with Crippen molar-refractivity contribution < 1.29 is 169 Å². The number of hydrogen-bond donors (Lipinski definition) is 0. The minimum atomic E-state index is -1.21. The third-order valence-electron chi connectivity index (χ3n) is 3.59. The molecule has 0 aromatic rings. The Morgan fingerprint density at radius 2 is 1.10 bits per heavy atom. The quantitative estimate of drug-likeness (QED) is 0.286. The van der Waals surface area contributed by atoms with E-state index in [0.29, 0.717) is 19.3 Å². The van der Waals surface area contributed by atoms with Gasteiger partial charge < -0.3 is 15.3 Å². The molecule has 0 aliphatic carbocycles. The van der Waals surface area contributed by atoms with Crippen LogP contribution in [0.25, 0.3) is 0 Å². The number of rotatable bonds is 8. The fourth-order valence-corrected chi connectivity index (χ4v) is 3.83. The van der Waals surface area contributed by atoms with Gasteiger partial charge in [-0.2, -0.15) is 0 Å². The van der Waals surface area contributed by atoms with Gasteiger partial charge in [-0.15, -0.1) is 36.7 Å². The maximum Gasteiger partial charge on any atom is 1.00 e. The monoisotopic (exact) mass is 422 g/mol. The first-order chi connectivity index (χ1) is 8.29. The molecule has 0 radical (unpaired) electrons. The SMILES string of the molecule is CCC(C([O-])=S)C(CC)(C([O-])=S)C(CC)C([O-])=S.[K+].[K+].[K+]. The van der Waals surface area contributed by atoms with Crippen LogP contribution in [0, 0.1) is 17.3 Å². The van der Waals surface area contributed by atoms with E-state index in [1.165, 1.54) is 0 Å². The summed E-state index contributed by atoms with van der Waals surface area (Å²) >= 11 is 14.2. The first kappa shape index (κ1) is 33.2. The normalized spacial score (nSPS) is 15.0. The molecule has 0 spiro atoms. The molecule has 9 heteroatoms. The van der Waals surface area contributed by atoms with Gasteiger partial charge in [-0.05, 0) is 31.1 Å². The summed E-state index contributed by atoms with van der Waals surface area (Å²) in [6.07, 6.45) is 1.08. The third-order valence-corrected chi connectivity index (χ3v) is 4.54. The van der Waals surface area contributed by atoms with Gasteiger partial charge in [-0.25, -0.2) is 0 Å². The fraction of sp³-hybridized carbons (Fsp3) is 0.750. The molecule has 0 aromatic carbocycles. The summed E-state index contributed by atoms with van der Waals surface area (Å²) in [5, 5.41) is 33.5. The maximum absolute atomic E-state index is 11.9. The summed E-state index contributed by atoms with van der Waals surface area (Å²) in [4.78, 5) is 0. The van der Waals surface area contributed by atoms with Crippen LogP contribution in [0.4, 0.5) is 0 Å². The Balaban J connectivity index is -0.000000482. The Morgan fingerprint density at radius 3 is 1.19 bits per heavy atom.